The maximum atomic E-state index is 13.8. The van der Waals surface area contributed by atoms with Gasteiger partial charge in [0.2, 0.25) is 21.8 Å². The number of likely N-dealkylation sites (N-methyl/N-ethyl adjacent to an activating group) is 1. The van der Waals surface area contributed by atoms with E-state index in [1.165, 1.54) is 29.2 Å². The van der Waals surface area contributed by atoms with Crippen LogP contribution in [0.1, 0.15) is 18.1 Å². The Morgan fingerprint density at radius 2 is 1.57 bits per heavy atom. The summed E-state index contributed by atoms with van der Waals surface area (Å²) in [6.45, 7) is 1.62. The van der Waals surface area contributed by atoms with Crippen molar-refractivity contribution in [1.82, 2.24) is 10.2 Å². The number of anilines is 1. The number of nitrogens with one attached hydrogen (secondary N) is 1. The molecule has 3 aromatic rings. The van der Waals surface area contributed by atoms with Crippen LogP contribution in [-0.4, -0.2) is 50.5 Å². The Morgan fingerprint density at radius 1 is 0.946 bits per heavy atom. The van der Waals surface area contributed by atoms with Crippen molar-refractivity contribution in [3.8, 4) is 0 Å². The van der Waals surface area contributed by atoms with Gasteiger partial charge in [0.1, 0.15) is 18.4 Å². The van der Waals surface area contributed by atoms with E-state index in [0.29, 0.717) is 17.8 Å². The zero-order valence-electron chi connectivity index (χ0n) is 20.6. The highest BCUT2D eigenvalue weighted by Crippen LogP contribution is 2.22. The third-order valence-electron chi connectivity index (χ3n) is 5.68. The molecule has 7 nitrogen and oxygen atoms in total. The summed E-state index contributed by atoms with van der Waals surface area (Å²) >= 11 is 3.33. The fraction of sp³-hybridized carbons (Fsp3) is 0.259. The molecule has 37 heavy (non-hydrogen) atoms. The van der Waals surface area contributed by atoms with E-state index in [4.69, 9.17) is 0 Å². The first kappa shape index (κ1) is 28.3. The molecule has 0 saturated heterocycles. The molecule has 0 bridgehead atoms. The highest BCUT2D eigenvalue weighted by molar-refractivity contribution is 9.10. The molecule has 0 heterocycles. The van der Waals surface area contributed by atoms with Crippen LogP contribution in [0.4, 0.5) is 10.1 Å². The summed E-state index contributed by atoms with van der Waals surface area (Å²) in [7, 11) is -3.83. The molecule has 0 fully saturated rings. The summed E-state index contributed by atoms with van der Waals surface area (Å²) in [6, 6.07) is 20.5. The molecule has 196 valence electrons. The second-order valence-corrected chi connectivity index (χ2v) is 11.3. The summed E-state index contributed by atoms with van der Waals surface area (Å²) in [5.41, 5.74) is 1.76. The Bertz CT molecular complexity index is 1300. The highest BCUT2D eigenvalue weighted by Gasteiger charge is 2.32. The van der Waals surface area contributed by atoms with Crippen LogP contribution >= 0.6 is 15.9 Å². The molecule has 0 unspecified atom stereocenters. The van der Waals surface area contributed by atoms with Gasteiger partial charge in [-0.1, -0.05) is 58.4 Å². The topological polar surface area (TPSA) is 86.8 Å². The first-order valence-corrected chi connectivity index (χ1v) is 14.3. The van der Waals surface area contributed by atoms with E-state index in [0.717, 1.165) is 20.6 Å². The molecule has 2 amide bonds. The quantitative estimate of drug-likeness (QED) is 0.364. The van der Waals surface area contributed by atoms with Crippen LogP contribution in [0.15, 0.2) is 83.3 Å². The van der Waals surface area contributed by atoms with Crippen molar-refractivity contribution in [1.29, 1.82) is 0 Å². The lowest BCUT2D eigenvalue weighted by Gasteiger charge is -2.33. The van der Waals surface area contributed by atoms with Crippen LogP contribution in [-0.2, 0) is 32.6 Å². The van der Waals surface area contributed by atoms with Crippen LogP contribution in [0, 0.1) is 5.82 Å². The predicted molar refractivity (Wildman–Crippen MR) is 146 cm³/mol. The van der Waals surface area contributed by atoms with E-state index in [9.17, 15) is 22.4 Å². The molecular weight excluding hydrogens is 561 g/mol. The average molecular weight is 591 g/mol. The van der Waals surface area contributed by atoms with Crippen LogP contribution in [0.25, 0.3) is 0 Å². The predicted octanol–water partition coefficient (Wildman–Crippen LogP) is 4.13. The summed E-state index contributed by atoms with van der Waals surface area (Å²) in [5.74, 6) is -1.36. The fourth-order valence-corrected chi connectivity index (χ4v) is 4.97. The molecule has 0 radical (unpaired) electrons. The molecule has 10 heteroatoms. The molecule has 1 atom stereocenters. The number of halogens is 2. The minimum Gasteiger partial charge on any atom is -0.355 e. The van der Waals surface area contributed by atoms with E-state index in [1.54, 1.807) is 31.2 Å². The second-order valence-electron chi connectivity index (χ2n) is 8.49. The number of amides is 2. The molecular formula is C27H29BrFN3O4S. The summed E-state index contributed by atoms with van der Waals surface area (Å²) in [5, 5.41) is 2.79. The number of carbonyl (C=O) groups is 2. The summed E-state index contributed by atoms with van der Waals surface area (Å²) < 4.78 is 40.7. The average Bonchev–Trinajstić information content (AvgIpc) is 2.86. The molecule has 0 spiro atoms. The Kier molecular flexibility index (Phi) is 9.82. The van der Waals surface area contributed by atoms with Gasteiger partial charge in [-0.2, -0.15) is 0 Å². The van der Waals surface area contributed by atoms with Gasteiger partial charge in [-0.25, -0.2) is 12.8 Å². The van der Waals surface area contributed by atoms with Crippen LogP contribution in [0.2, 0.25) is 0 Å². The molecule has 3 aromatic carbocycles. The minimum atomic E-state index is -3.83. The van der Waals surface area contributed by atoms with Gasteiger partial charge in [-0.15, -0.1) is 0 Å². The van der Waals surface area contributed by atoms with E-state index in [-0.39, 0.29) is 18.9 Å². The largest absolute Gasteiger partial charge is 0.355 e. The van der Waals surface area contributed by atoms with Crippen molar-refractivity contribution in [3.63, 3.8) is 0 Å². The Morgan fingerprint density at radius 3 is 2.14 bits per heavy atom. The molecule has 0 aliphatic rings. The van der Waals surface area contributed by atoms with E-state index in [2.05, 4.69) is 21.2 Å². The van der Waals surface area contributed by atoms with Crippen molar-refractivity contribution in [2.24, 2.45) is 0 Å². The van der Waals surface area contributed by atoms with Crippen molar-refractivity contribution in [2.45, 2.75) is 25.9 Å². The lowest BCUT2D eigenvalue weighted by Crippen LogP contribution is -2.53. The lowest BCUT2D eigenvalue weighted by molar-refractivity contribution is -0.140. The van der Waals surface area contributed by atoms with E-state index >= 15 is 0 Å². The van der Waals surface area contributed by atoms with Gasteiger partial charge in [0.15, 0.2) is 0 Å². The van der Waals surface area contributed by atoms with E-state index < -0.39 is 34.3 Å². The van der Waals surface area contributed by atoms with Crippen molar-refractivity contribution in [3.05, 3.63) is 100 Å². The number of hydrogen-bond acceptors (Lipinski definition) is 4. The van der Waals surface area contributed by atoms with Gasteiger partial charge in [-0.05, 0) is 54.4 Å². The van der Waals surface area contributed by atoms with Gasteiger partial charge in [0.25, 0.3) is 0 Å². The normalized spacial score (nSPS) is 12.0. The van der Waals surface area contributed by atoms with Crippen molar-refractivity contribution < 1.29 is 22.4 Å². The molecule has 0 aliphatic heterocycles. The number of rotatable bonds is 11. The van der Waals surface area contributed by atoms with Crippen LogP contribution in [0.3, 0.4) is 0 Å². The Labute approximate surface area is 225 Å². The Hall–Kier alpha value is -3.24. The van der Waals surface area contributed by atoms with Gasteiger partial charge in [-0.3, -0.25) is 13.9 Å². The molecule has 3 rings (SSSR count). The summed E-state index contributed by atoms with van der Waals surface area (Å²) in [4.78, 5) is 28.4. The molecule has 0 saturated carbocycles. The molecule has 0 aromatic heterocycles. The van der Waals surface area contributed by atoms with Crippen molar-refractivity contribution >= 4 is 43.5 Å². The van der Waals surface area contributed by atoms with Crippen molar-refractivity contribution in [2.75, 3.05) is 23.7 Å². The molecule has 1 N–H and O–H groups in total. The smallest absolute Gasteiger partial charge is 0.244 e. The number of benzene rings is 3. The monoisotopic (exact) mass is 589 g/mol. The zero-order valence-corrected chi connectivity index (χ0v) is 23.0. The lowest BCUT2D eigenvalue weighted by atomic mass is 10.0. The fourth-order valence-electron chi connectivity index (χ4n) is 3.85. The number of sulfonamides is 1. The third kappa shape index (κ3) is 8.13. The zero-order chi connectivity index (χ0) is 27.0. The first-order valence-electron chi connectivity index (χ1n) is 11.7. The first-order chi connectivity index (χ1) is 17.6. The number of hydrogen-bond donors (Lipinski definition) is 1. The number of nitrogens with zero attached hydrogens (tertiary/aromatic N) is 2. The van der Waals surface area contributed by atoms with Gasteiger partial charge in [0, 0.05) is 24.0 Å². The van der Waals surface area contributed by atoms with Crippen LogP contribution < -0.4 is 9.62 Å². The maximum Gasteiger partial charge on any atom is 0.244 e. The van der Waals surface area contributed by atoms with Crippen LogP contribution in [0.5, 0.6) is 0 Å². The standard InChI is InChI=1S/C27H29BrFN3O4S/c1-3-30-27(34)25(17-20-7-5-4-6-8-20)31(18-21-9-13-23(29)14-10-21)26(33)19-32(37(2,35)36)24-15-11-22(28)12-16-24/h4-16,25H,3,17-19H2,1-2H3,(H,30,34)/t25-/m0/s1. The van der Waals surface area contributed by atoms with E-state index in [1.807, 2.05) is 30.3 Å². The molecule has 0 aliphatic carbocycles. The van der Waals surface area contributed by atoms with Gasteiger partial charge >= 0.3 is 0 Å². The maximum absolute atomic E-state index is 13.8. The Balaban J connectivity index is 2.02. The minimum absolute atomic E-state index is 0.00825. The number of carbonyl (C=O) groups excluding carboxylic acids is 2. The third-order valence-corrected chi connectivity index (χ3v) is 7.35. The van der Waals surface area contributed by atoms with Gasteiger partial charge < -0.3 is 10.2 Å². The highest BCUT2D eigenvalue weighted by atomic mass is 79.9. The summed E-state index contributed by atoms with van der Waals surface area (Å²) in [6.07, 6.45) is 1.24. The SMILES string of the molecule is CCNC(=O)[C@H](Cc1ccccc1)N(Cc1ccc(F)cc1)C(=O)CN(c1ccc(Br)cc1)S(C)(=O)=O. The second kappa shape index (κ2) is 12.8. The van der Waals surface area contributed by atoms with Gasteiger partial charge in [0.05, 0.1) is 11.9 Å².